The normalized spacial score (nSPS) is 11.4. The Balaban J connectivity index is 2.71. The summed E-state index contributed by atoms with van der Waals surface area (Å²) in [5.74, 6) is -1.41. The van der Waals surface area contributed by atoms with Gasteiger partial charge in [0.25, 0.3) is 10.0 Å². The van der Waals surface area contributed by atoms with E-state index in [0.717, 1.165) is 12.1 Å². The maximum absolute atomic E-state index is 13.0. The standard InChI is InChI=1S/C14H8Cl5NO4S/c15-7-1-2-8(16)13(3-7)25(23,24)20(6-14(21)22)12-5-10(18)9(17)4-11(12)19/h1-5H,6H2,(H,21,22). The molecule has 0 amide bonds. The molecule has 0 saturated heterocycles. The summed E-state index contributed by atoms with van der Waals surface area (Å²) in [6.45, 7) is -0.914. The minimum Gasteiger partial charge on any atom is -0.480 e. The zero-order valence-corrected chi connectivity index (χ0v) is 16.6. The van der Waals surface area contributed by atoms with Crippen molar-refractivity contribution >= 4 is 79.7 Å². The Bertz CT molecular complexity index is 948. The van der Waals surface area contributed by atoms with Gasteiger partial charge in [-0.3, -0.25) is 9.10 Å². The molecule has 0 atom stereocenters. The lowest BCUT2D eigenvalue weighted by Gasteiger charge is -2.24. The number of halogens is 5. The summed E-state index contributed by atoms with van der Waals surface area (Å²) < 4.78 is 26.5. The van der Waals surface area contributed by atoms with Crippen LogP contribution in [0.25, 0.3) is 0 Å². The van der Waals surface area contributed by atoms with Crippen LogP contribution in [0.15, 0.2) is 35.2 Å². The van der Waals surface area contributed by atoms with E-state index in [1.165, 1.54) is 18.2 Å². The fourth-order valence-electron chi connectivity index (χ4n) is 1.92. The van der Waals surface area contributed by atoms with Gasteiger partial charge < -0.3 is 5.11 Å². The van der Waals surface area contributed by atoms with Gasteiger partial charge in [0.2, 0.25) is 0 Å². The third kappa shape index (κ3) is 4.45. The van der Waals surface area contributed by atoms with Crippen LogP contribution in [-0.2, 0) is 14.8 Å². The van der Waals surface area contributed by atoms with E-state index in [1.54, 1.807) is 0 Å². The Morgan fingerprint density at radius 1 is 0.920 bits per heavy atom. The highest BCUT2D eigenvalue weighted by Crippen LogP contribution is 2.38. The first-order chi connectivity index (χ1) is 11.5. The monoisotopic (exact) mass is 461 g/mol. The number of carboxylic acids is 1. The van der Waals surface area contributed by atoms with Crippen molar-refractivity contribution in [3.63, 3.8) is 0 Å². The molecule has 0 saturated carbocycles. The second-order valence-corrected chi connectivity index (χ2v) is 8.59. The Labute approximate surface area is 168 Å². The Hall–Kier alpha value is -0.890. The molecule has 11 heteroatoms. The first kappa shape index (κ1) is 20.4. The molecule has 2 aromatic rings. The average Bonchev–Trinajstić information content (AvgIpc) is 2.51. The summed E-state index contributed by atoms with van der Waals surface area (Å²) in [4.78, 5) is 10.8. The predicted octanol–water partition coefficient (Wildman–Crippen LogP) is 5.23. The molecule has 0 bridgehead atoms. The van der Waals surface area contributed by atoms with E-state index in [4.69, 9.17) is 63.1 Å². The molecular formula is C14H8Cl5NO4S. The van der Waals surface area contributed by atoms with Gasteiger partial charge in [-0.15, -0.1) is 0 Å². The summed E-state index contributed by atoms with van der Waals surface area (Å²) in [7, 11) is -4.40. The van der Waals surface area contributed by atoms with Gasteiger partial charge in [-0.1, -0.05) is 58.0 Å². The molecule has 0 aliphatic rings. The van der Waals surface area contributed by atoms with Crippen molar-refractivity contribution in [2.75, 3.05) is 10.8 Å². The van der Waals surface area contributed by atoms with Gasteiger partial charge in [-0.2, -0.15) is 0 Å². The van der Waals surface area contributed by atoms with Gasteiger partial charge in [0.1, 0.15) is 11.4 Å². The van der Waals surface area contributed by atoms with Crippen LogP contribution in [0.5, 0.6) is 0 Å². The first-order valence-corrected chi connectivity index (χ1v) is 9.71. The molecule has 0 spiro atoms. The van der Waals surface area contributed by atoms with Crippen LogP contribution in [0.3, 0.4) is 0 Å². The topological polar surface area (TPSA) is 74.7 Å². The molecule has 0 heterocycles. The molecule has 0 radical (unpaired) electrons. The molecule has 1 N–H and O–H groups in total. The van der Waals surface area contributed by atoms with Gasteiger partial charge in [0, 0.05) is 5.02 Å². The molecule has 25 heavy (non-hydrogen) atoms. The number of benzene rings is 2. The van der Waals surface area contributed by atoms with Crippen LogP contribution in [0.1, 0.15) is 0 Å². The Kier molecular flexibility index (Phi) is 6.35. The fourth-order valence-corrected chi connectivity index (χ4v) is 4.78. The molecule has 0 aromatic heterocycles. The van der Waals surface area contributed by atoms with Crippen molar-refractivity contribution in [2.45, 2.75) is 4.90 Å². The molecule has 2 rings (SSSR count). The van der Waals surface area contributed by atoms with Gasteiger partial charge >= 0.3 is 5.97 Å². The number of carbonyl (C=O) groups is 1. The van der Waals surface area contributed by atoms with E-state index in [2.05, 4.69) is 0 Å². The zero-order chi connectivity index (χ0) is 18.9. The van der Waals surface area contributed by atoms with Gasteiger partial charge in [-0.25, -0.2) is 8.42 Å². The predicted molar refractivity (Wildman–Crippen MR) is 100 cm³/mol. The van der Waals surface area contributed by atoms with Gasteiger partial charge in [0.15, 0.2) is 0 Å². The van der Waals surface area contributed by atoms with Crippen molar-refractivity contribution in [1.29, 1.82) is 0 Å². The number of aliphatic carboxylic acids is 1. The molecule has 5 nitrogen and oxygen atoms in total. The minimum atomic E-state index is -4.40. The SMILES string of the molecule is O=C(O)CN(c1cc(Cl)c(Cl)cc1Cl)S(=O)(=O)c1cc(Cl)ccc1Cl. The summed E-state index contributed by atoms with van der Waals surface area (Å²) in [6, 6.07) is 6.16. The van der Waals surface area contributed by atoms with Gasteiger partial charge in [-0.05, 0) is 30.3 Å². The summed E-state index contributed by atoms with van der Waals surface area (Å²) >= 11 is 29.6. The number of hydrogen-bond acceptors (Lipinski definition) is 3. The van der Waals surface area contributed by atoms with Crippen molar-refractivity contribution in [2.24, 2.45) is 0 Å². The Morgan fingerprint density at radius 2 is 1.52 bits per heavy atom. The first-order valence-electron chi connectivity index (χ1n) is 6.38. The summed E-state index contributed by atoms with van der Waals surface area (Å²) in [5.41, 5.74) is -0.158. The fraction of sp³-hybridized carbons (Fsp3) is 0.0714. The third-order valence-electron chi connectivity index (χ3n) is 3.00. The van der Waals surface area contributed by atoms with E-state index in [9.17, 15) is 13.2 Å². The lowest BCUT2D eigenvalue weighted by atomic mass is 10.3. The number of nitrogens with zero attached hydrogens (tertiary/aromatic N) is 1. The van der Waals surface area contributed by atoms with E-state index < -0.39 is 22.5 Å². The van der Waals surface area contributed by atoms with Crippen molar-refractivity contribution in [3.05, 3.63) is 55.4 Å². The highest BCUT2D eigenvalue weighted by Gasteiger charge is 2.31. The molecule has 0 fully saturated rings. The number of sulfonamides is 1. The number of hydrogen-bond donors (Lipinski definition) is 1. The zero-order valence-electron chi connectivity index (χ0n) is 12.0. The van der Waals surface area contributed by atoms with Crippen LogP contribution in [0, 0.1) is 0 Å². The maximum Gasteiger partial charge on any atom is 0.324 e. The van der Waals surface area contributed by atoms with Gasteiger partial charge in [0.05, 0.1) is 25.8 Å². The smallest absolute Gasteiger partial charge is 0.324 e. The van der Waals surface area contributed by atoms with E-state index >= 15 is 0 Å². The van der Waals surface area contributed by atoms with E-state index in [-0.39, 0.29) is 35.7 Å². The number of rotatable bonds is 5. The molecule has 2 aromatic carbocycles. The van der Waals surface area contributed by atoms with E-state index in [1.807, 2.05) is 0 Å². The molecular weight excluding hydrogens is 455 g/mol. The summed E-state index contributed by atoms with van der Waals surface area (Å²) in [6.07, 6.45) is 0. The third-order valence-corrected chi connectivity index (χ3v) is 6.50. The van der Waals surface area contributed by atoms with Crippen LogP contribution >= 0.6 is 58.0 Å². The second kappa shape index (κ2) is 7.78. The van der Waals surface area contributed by atoms with Crippen molar-refractivity contribution in [1.82, 2.24) is 0 Å². The Morgan fingerprint density at radius 3 is 2.12 bits per heavy atom. The highest BCUT2D eigenvalue weighted by molar-refractivity contribution is 7.93. The van der Waals surface area contributed by atoms with Crippen LogP contribution < -0.4 is 4.31 Å². The molecule has 0 unspecified atom stereocenters. The molecule has 134 valence electrons. The average molecular weight is 464 g/mol. The number of carboxylic acid groups (broad SMARTS) is 1. The largest absolute Gasteiger partial charge is 0.480 e. The maximum atomic E-state index is 13.0. The highest BCUT2D eigenvalue weighted by atomic mass is 35.5. The molecule has 0 aliphatic heterocycles. The summed E-state index contributed by atoms with van der Waals surface area (Å²) in [5, 5.41) is 9.10. The molecule has 0 aliphatic carbocycles. The van der Waals surface area contributed by atoms with Crippen LogP contribution in [0.4, 0.5) is 5.69 Å². The lowest BCUT2D eigenvalue weighted by Crippen LogP contribution is -2.36. The lowest BCUT2D eigenvalue weighted by molar-refractivity contribution is -0.135. The van der Waals surface area contributed by atoms with Crippen molar-refractivity contribution < 1.29 is 18.3 Å². The second-order valence-electron chi connectivity index (χ2n) is 4.70. The number of anilines is 1. The van der Waals surface area contributed by atoms with E-state index in [0.29, 0.717) is 4.31 Å². The van der Waals surface area contributed by atoms with Crippen LogP contribution in [0.2, 0.25) is 25.1 Å². The minimum absolute atomic E-state index is 0.00356. The van der Waals surface area contributed by atoms with Crippen LogP contribution in [-0.4, -0.2) is 26.0 Å². The quantitative estimate of drug-likeness (QED) is 0.616. The van der Waals surface area contributed by atoms with Crippen molar-refractivity contribution in [3.8, 4) is 0 Å².